The van der Waals surface area contributed by atoms with Crippen LogP contribution in [-0.4, -0.2) is 19.1 Å². The Morgan fingerprint density at radius 3 is 2.32 bits per heavy atom. The minimum Gasteiger partial charge on any atom is -0.382 e. The Morgan fingerprint density at radius 2 is 1.74 bits per heavy atom. The fraction of sp³-hybridized carbons (Fsp3) is 0.560. The number of nitrogens with two attached hydrogens (primary N) is 1. The van der Waals surface area contributed by atoms with E-state index in [0.29, 0.717) is 29.3 Å². The van der Waals surface area contributed by atoms with Gasteiger partial charge in [0.15, 0.2) is 11.5 Å². The summed E-state index contributed by atoms with van der Waals surface area (Å²) in [6.07, 6.45) is 18.1. The van der Waals surface area contributed by atoms with Gasteiger partial charge in [0.1, 0.15) is 11.8 Å². The summed E-state index contributed by atoms with van der Waals surface area (Å²) in [5.41, 5.74) is 7.70. The number of nitrogens with zero attached hydrogens (tertiary/aromatic N) is 4. The van der Waals surface area contributed by atoms with Gasteiger partial charge in [-0.3, -0.25) is 9.13 Å². The highest BCUT2D eigenvalue weighted by atomic mass is 16.1. The fourth-order valence-electron chi connectivity index (χ4n) is 4.97. The smallest absolute Gasteiger partial charge is 0.335 e. The molecule has 2 heterocycles. The van der Waals surface area contributed by atoms with Crippen LogP contribution >= 0.6 is 0 Å². The summed E-state index contributed by atoms with van der Waals surface area (Å²) < 4.78 is 3.33. The van der Waals surface area contributed by atoms with Crippen LogP contribution in [0.3, 0.4) is 0 Å². The van der Waals surface area contributed by atoms with E-state index in [1.165, 1.54) is 64.1 Å². The zero-order valence-corrected chi connectivity index (χ0v) is 19.1. The van der Waals surface area contributed by atoms with Crippen LogP contribution < -0.4 is 11.4 Å². The quantitative estimate of drug-likeness (QED) is 0.617. The first-order valence-corrected chi connectivity index (χ1v) is 11.6. The fourth-order valence-corrected chi connectivity index (χ4v) is 4.97. The van der Waals surface area contributed by atoms with Gasteiger partial charge >= 0.3 is 5.69 Å². The van der Waals surface area contributed by atoms with Crippen molar-refractivity contribution in [1.82, 2.24) is 19.1 Å². The molecule has 1 aliphatic rings. The number of hydrogen-bond donors (Lipinski definition) is 1. The number of allylic oxidation sites excluding steroid dienone is 4. The van der Waals surface area contributed by atoms with Gasteiger partial charge in [0.2, 0.25) is 0 Å². The van der Waals surface area contributed by atoms with Crippen LogP contribution in [0.1, 0.15) is 71.6 Å². The lowest BCUT2D eigenvalue weighted by molar-refractivity contribution is 0.148. The van der Waals surface area contributed by atoms with E-state index < -0.39 is 0 Å². The van der Waals surface area contributed by atoms with E-state index in [2.05, 4.69) is 37.0 Å². The summed E-state index contributed by atoms with van der Waals surface area (Å²) in [7, 11) is 0. The van der Waals surface area contributed by atoms with Gasteiger partial charge in [0, 0.05) is 6.54 Å². The van der Waals surface area contributed by atoms with Gasteiger partial charge in [-0.1, -0.05) is 78.0 Å². The Labute approximate surface area is 185 Å². The summed E-state index contributed by atoms with van der Waals surface area (Å²) in [6.45, 7) is 12.8. The predicted octanol–water partition coefficient (Wildman–Crippen LogP) is 5.56. The monoisotopic (exact) mass is 423 g/mol. The molecule has 0 spiro atoms. The van der Waals surface area contributed by atoms with Gasteiger partial charge in [0.05, 0.1) is 5.70 Å². The van der Waals surface area contributed by atoms with Gasteiger partial charge in [-0.05, 0) is 36.3 Å². The third-order valence-corrected chi connectivity index (χ3v) is 6.76. The number of aromatic nitrogens is 4. The van der Waals surface area contributed by atoms with Gasteiger partial charge in [-0.25, -0.2) is 14.8 Å². The van der Waals surface area contributed by atoms with Crippen LogP contribution in [0.15, 0.2) is 42.5 Å². The highest BCUT2D eigenvalue weighted by Gasteiger charge is 2.32. The van der Waals surface area contributed by atoms with E-state index >= 15 is 0 Å². The number of imidazole rings is 1. The average Bonchev–Trinajstić information content (AvgIpc) is 3.02. The van der Waals surface area contributed by atoms with Crippen LogP contribution in [0.25, 0.3) is 16.9 Å². The van der Waals surface area contributed by atoms with Crippen LogP contribution in [-0.2, 0) is 6.54 Å². The third-order valence-electron chi connectivity index (χ3n) is 6.76. The van der Waals surface area contributed by atoms with Gasteiger partial charge < -0.3 is 5.73 Å². The van der Waals surface area contributed by atoms with E-state index in [1.807, 2.05) is 0 Å². The molecule has 6 nitrogen and oxygen atoms in total. The molecule has 1 saturated carbocycles. The third kappa shape index (κ3) is 5.00. The lowest BCUT2D eigenvalue weighted by atomic mass is 9.73. The molecule has 0 amide bonds. The molecule has 0 atom stereocenters. The first kappa shape index (κ1) is 23.0. The maximum absolute atomic E-state index is 13.6. The molecule has 6 heteroatoms. The summed E-state index contributed by atoms with van der Waals surface area (Å²) in [6, 6.07) is 0. The summed E-state index contributed by atoms with van der Waals surface area (Å²) in [5, 5.41) is 0. The molecule has 2 N–H and O–H groups in total. The Morgan fingerprint density at radius 1 is 1.13 bits per heavy atom. The molecule has 2 aromatic heterocycles. The highest BCUT2D eigenvalue weighted by molar-refractivity contribution is 5.86. The van der Waals surface area contributed by atoms with Crippen molar-refractivity contribution in [1.29, 1.82) is 0 Å². The summed E-state index contributed by atoms with van der Waals surface area (Å²) >= 11 is 0. The van der Waals surface area contributed by atoms with E-state index in [-0.39, 0.29) is 16.9 Å². The lowest BCUT2D eigenvalue weighted by Crippen LogP contribution is -2.34. The molecule has 0 aromatic carbocycles. The van der Waals surface area contributed by atoms with E-state index in [4.69, 9.17) is 5.73 Å². The second-order valence-electron chi connectivity index (χ2n) is 9.40. The van der Waals surface area contributed by atoms with Crippen molar-refractivity contribution in [2.75, 3.05) is 5.73 Å². The Balaban J connectivity index is 2.04. The molecule has 1 aliphatic carbocycles. The van der Waals surface area contributed by atoms with Crippen LogP contribution in [0.5, 0.6) is 0 Å². The number of rotatable bonds is 6. The number of hydrogen-bond acceptors (Lipinski definition) is 4. The zero-order chi connectivity index (χ0) is 22.4. The Bertz CT molecular complexity index is 1000. The topological polar surface area (TPSA) is 78.7 Å². The minimum atomic E-state index is -0.164. The predicted molar refractivity (Wildman–Crippen MR) is 130 cm³/mol. The molecule has 0 radical (unpaired) electrons. The standard InChI is InChI=1S/C25H37N5O/c1-5-14-20(6-2)30-21-22(26)27-18-28-23(21)29(24(30)31)17-25(3,4)19-15-12-10-8-7-9-11-13-16-19/h5-6,14,18-19H,1-2,7-13,15-17H2,3-4H3,(H2,26,27,28)/b20-14+. The molecular weight excluding hydrogens is 386 g/mol. The molecule has 2 aromatic rings. The summed E-state index contributed by atoms with van der Waals surface area (Å²) in [4.78, 5) is 22.2. The maximum atomic E-state index is 13.6. The van der Waals surface area contributed by atoms with Crippen LogP contribution in [0, 0.1) is 11.3 Å². The molecule has 0 aliphatic heterocycles. The van der Waals surface area contributed by atoms with E-state index in [1.54, 1.807) is 27.4 Å². The van der Waals surface area contributed by atoms with Gasteiger partial charge in [0.25, 0.3) is 0 Å². The van der Waals surface area contributed by atoms with Crippen molar-refractivity contribution >= 4 is 22.7 Å². The van der Waals surface area contributed by atoms with Crippen molar-refractivity contribution in [2.45, 2.75) is 78.2 Å². The second-order valence-corrected chi connectivity index (χ2v) is 9.40. The number of nitrogen functional groups attached to an aromatic ring is 1. The average molecular weight is 424 g/mol. The zero-order valence-electron chi connectivity index (χ0n) is 19.1. The Hall–Kier alpha value is -2.63. The van der Waals surface area contributed by atoms with Gasteiger partial charge in [-0.2, -0.15) is 0 Å². The SMILES string of the molecule is C=C/C=C(\C=C)n1c(=O)n(CC(C)(C)C2CCCCCCCCC2)c2ncnc(N)c21. The molecule has 1 fully saturated rings. The van der Waals surface area contributed by atoms with Crippen molar-refractivity contribution in [2.24, 2.45) is 11.3 Å². The molecular formula is C25H37N5O. The molecule has 0 saturated heterocycles. The summed E-state index contributed by atoms with van der Waals surface area (Å²) in [5.74, 6) is 0.854. The second kappa shape index (κ2) is 10.1. The van der Waals surface area contributed by atoms with Crippen molar-refractivity contribution in [3.05, 3.63) is 48.2 Å². The van der Waals surface area contributed by atoms with E-state index in [0.717, 1.165) is 0 Å². The first-order valence-electron chi connectivity index (χ1n) is 11.6. The van der Waals surface area contributed by atoms with Gasteiger partial charge in [-0.15, -0.1) is 0 Å². The van der Waals surface area contributed by atoms with E-state index in [9.17, 15) is 4.79 Å². The molecule has 168 valence electrons. The molecule has 0 bridgehead atoms. The first-order chi connectivity index (χ1) is 14.9. The minimum absolute atomic E-state index is 0.0433. The van der Waals surface area contributed by atoms with Crippen LogP contribution in [0.2, 0.25) is 0 Å². The largest absolute Gasteiger partial charge is 0.382 e. The Kier molecular flexibility index (Phi) is 7.52. The molecule has 0 unspecified atom stereocenters. The highest BCUT2D eigenvalue weighted by Crippen LogP contribution is 2.38. The molecule has 3 rings (SSSR count). The normalized spacial score (nSPS) is 17.5. The van der Waals surface area contributed by atoms with Crippen molar-refractivity contribution in [3.8, 4) is 0 Å². The number of anilines is 1. The lowest BCUT2D eigenvalue weighted by Gasteiger charge is -2.35. The maximum Gasteiger partial charge on any atom is 0.335 e. The van der Waals surface area contributed by atoms with Crippen molar-refractivity contribution in [3.63, 3.8) is 0 Å². The van der Waals surface area contributed by atoms with Crippen molar-refractivity contribution < 1.29 is 0 Å². The molecule has 31 heavy (non-hydrogen) atoms. The van der Waals surface area contributed by atoms with Crippen LogP contribution in [0.4, 0.5) is 5.82 Å². The number of fused-ring (bicyclic) bond motifs is 1.